The number of H-pyrrole nitrogens is 1. The number of ether oxygens (including phenoxy) is 2. The van der Waals surface area contributed by atoms with Gasteiger partial charge >= 0.3 is 5.69 Å². The molecular weight excluding hydrogens is 742 g/mol. The number of nitrogens with one attached hydrogen (secondary N) is 2. The zero-order valence-electron chi connectivity index (χ0n) is 32.8. The summed E-state index contributed by atoms with van der Waals surface area (Å²) in [5.41, 5.74) is 1.87. The highest BCUT2D eigenvalue weighted by Gasteiger charge is 2.64. The van der Waals surface area contributed by atoms with E-state index in [4.69, 9.17) is 21.1 Å². The lowest BCUT2D eigenvalue weighted by atomic mass is 9.49. The van der Waals surface area contributed by atoms with Gasteiger partial charge in [0.15, 0.2) is 0 Å². The number of aromatic amines is 1. The van der Waals surface area contributed by atoms with Gasteiger partial charge in [-0.1, -0.05) is 39.3 Å². The second-order valence-corrected chi connectivity index (χ2v) is 16.5. The Balaban J connectivity index is 0.819. The number of hydrogen-bond donors (Lipinski definition) is 2. The molecule has 1 saturated carbocycles. The number of hydrogen-bond acceptors (Lipinski definition) is 9. The molecule has 13 heteroatoms. The summed E-state index contributed by atoms with van der Waals surface area (Å²) < 4.78 is 13.8. The molecule has 57 heavy (non-hydrogen) atoms. The molecule has 3 aromatic carbocycles. The molecule has 2 N–H and O–H groups in total. The first-order valence-corrected chi connectivity index (χ1v) is 19.8. The molecule has 2 aromatic heterocycles. The number of aromatic nitrogens is 3. The van der Waals surface area contributed by atoms with E-state index in [1.165, 1.54) is 16.8 Å². The average Bonchev–Trinajstić information content (AvgIpc) is 3.20. The first-order valence-electron chi connectivity index (χ1n) is 19.4. The fourth-order valence-corrected chi connectivity index (χ4v) is 8.82. The molecule has 1 aliphatic heterocycles. The van der Waals surface area contributed by atoms with Crippen molar-refractivity contribution in [3.8, 4) is 23.3 Å². The van der Waals surface area contributed by atoms with E-state index in [0.29, 0.717) is 34.2 Å². The van der Waals surface area contributed by atoms with Crippen LogP contribution >= 0.6 is 11.6 Å². The Hall–Kier alpha value is -5.64. The predicted molar refractivity (Wildman–Crippen MR) is 222 cm³/mol. The van der Waals surface area contributed by atoms with Crippen molar-refractivity contribution < 1.29 is 14.3 Å². The topological polar surface area (TPSA) is 146 Å². The fraction of sp³-hybridized carbons (Fsp3) is 0.386. The third-order valence-corrected chi connectivity index (χ3v) is 11.7. The van der Waals surface area contributed by atoms with Crippen LogP contribution in [-0.4, -0.2) is 76.8 Å². The van der Waals surface area contributed by atoms with Gasteiger partial charge in [0.1, 0.15) is 23.7 Å². The van der Waals surface area contributed by atoms with Crippen molar-refractivity contribution in [3.63, 3.8) is 0 Å². The smallest absolute Gasteiger partial charge is 0.332 e. The molecule has 0 bridgehead atoms. The number of anilines is 1. The van der Waals surface area contributed by atoms with Crippen molar-refractivity contribution in [1.82, 2.24) is 24.8 Å². The number of carbonyl (C=O) groups is 1. The van der Waals surface area contributed by atoms with E-state index in [1.807, 2.05) is 48.5 Å². The fourth-order valence-electron chi connectivity index (χ4n) is 8.61. The first-order chi connectivity index (χ1) is 27.3. The maximum absolute atomic E-state index is 13.4. The van der Waals surface area contributed by atoms with E-state index in [9.17, 15) is 19.6 Å². The SMILES string of the molecule is CC1(C)C(NC(=O)c2ccc(N3CCN(CCCCCOc4ccc5ncc(-n6ccc(=O)[nH]c6=O)cc5c4)CC3)cc2)C(C)(C)C1Oc1ccc(C#N)c(Cl)c1. The van der Waals surface area contributed by atoms with Crippen LogP contribution in [0.5, 0.6) is 11.5 Å². The third-order valence-electron chi connectivity index (χ3n) is 11.4. The molecule has 1 amide bonds. The summed E-state index contributed by atoms with van der Waals surface area (Å²) in [7, 11) is 0. The molecule has 0 spiro atoms. The van der Waals surface area contributed by atoms with Gasteiger partial charge < -0.3 is 19.7 Å². The van der Waals surface area contributed by atoms with Gasteiger partial charge in [0.2, 0.25) is 0 Å². The van der Waals surface area contributed by atoms with Crippen LogP contribution in [-0.2, 0) is 0 Å². The van der Waals surface area contributed by atoms with Crippen LogP contribution in [0.2, 0.25) is 5.02 Å². The summed E-state index contributed by atoms with van der Waals surface area (Å²) in [6.07, 6.45) is 5.98. The number of nitriles is 1. The molecule has 0 unspecified atom stereocenters. The van der Waals surface area contributed by atoms with Crippen molar-refractivity contribution in [3.05, 3.63) is 122 Å². The summed E-state index contributed by atoms with van der Waals surface area (Å²) >= 11 is 6.25. The van der Waals surface area contributed by atoms with Crippen LogP contribution in [0.4, 0.5) is 5.69 Å². The molecule has 1 aliphatic carbocycles. The molecule has 1 saturated heterocycles. The molecule has 0 radical (unpaired) electrons. The summed E-state index contributed by atoms with van der Waals surface area (Å²) in [6, 6.07) is 23.9. The monoisotopic (exact) mass is 789 g/mol. The van der Waals surface area contributed by atoms with E-state index in [-0.39, 0.29) is 28.9 Å². The highest BCUT2D eigenvalue weighted by atomic mass is 35.5. The summed E-state index contributed by atoms with van der Waals surface area (Å²) in [4.78, 5) is 48.7. The van der Waals surface area contributed by atoms with Crippen LogP contribution in [0.25, 0.3) is 16.6 Å². The van der Waals surface area contributed by atoms with Gasteiger partial charge in [-0.3, -0.25) is 29.0 Å². The van der Waals surface area contributed by atoms with Gasteiger partial charge in [0.05, 0.1) is 34.6 Å². The molecule has 0 atom stereocenters. The van der Waals surface area contributed by atoms with Crippen molar-refractivity contribution in [2.75, 3.05) is 44.2 Å². The molecule has 296 valence electrons. The van der Waals surface area contributed by atoms with Crippen molar-refractivity contribution in [2.24, 2.45) is 10.8 Å². The molecule has 5 aromatic rings. The number of pyridine rings is 1. The van der Waals surface area contributed by atoms with Crippen LogP contribution in [0.15, 0.2) is 94.8 Å². The zero-order valence-corrected chi connectivity index (χ0v) is 33.5. The minimum Gasteiger partial charge on any atom is -0.494 e. The van der Waals surface area contributed by atoms with E-state index in [1.54, 1.807) is 24.4 Å². The van der Waals surface area contributed by atoms with Crippen molar-refractivity contribution in [2.45, 2.75) is 59.1 Å². The van der Waals surface area contributed by atoms with Crippen LogP contribution in [0.1, 0.15) is 62.9 Å². The molecule has 12 nitrogen and oxygen atoms in total. The minimum atomic E-state index is -0.513. The minimum absolute atomic E-state index is 0.103. The second-order valence-electron chi connectivity index (χ2n) is 16.1. The van der Waals surface area contributed by atoms with Crippen LogP contribution in [0, 0.1) is 22.2 Å². The normalized spacial score (nSPS) is 18.7. The third kappa shape index (κ3) is 8.55. The zero-order chi connectivity index (χ0) is 40.3. The number of fused-ring (bicyclic) bond motifs is 1. The van der Waals surface area contributed by atoms with Crippen molar-refractivity contribution >= 4 is 34.1 Å². The molecule has 7 rings (SSSR count). The Bertz CT molecular complexity index is 2400. The lowest BCUT2D eigenvalue weighted by Gasteiger charge is -2.63. The molecular formula is C44H48ClN7O5. The van der Waals surface area contributed by atoms with Gasteiger partial charge in [-0.15, -0.1) is 0 Å². The maximum atomic E-state index is 13.4. The lowest BCUT2D eigenvalue weighted by Crippen LogP contribution is -2.74. The second kappa shape index (κ2) is 16.5. The quantitative estimate of drug-likeness (QED) is 0.126. The molecule has 2 fully saturated rings. The van der Waals surface area contributed by atoms with Crippen LogP contribution in [0.3, 0.4) is 0 Å². The largest absolute Gasteiger partial charge is 0.494 e. The van der Waals surface area contributed by atoms with E-state index in [2.05, 4.69) is 58.8 Å². The molecule has 2 aliphatic rings. The number of piperazine rings is 1. The number of amides is 1. The Kier molecular flexibility index (Phi) is 11.4. The van der Waals surface area contributed by atoms with E-state index < -0.39 is 11.2 Å². The van der Waals surface area contributed by atoms with Gasteiger partial charge in [-0.25, -0.2) is 4.79 Å². The Morgan fingerprint density at radius 2 is 1.65 bits per heavy atom. The Morgan fingerprint density at radius 3 is 2.35 bits per heavy atom. The average molecular weight is 790 g/mol. The predicted octanol–water partition coefficient (Wildman–Crippen LogP) is 6.58. The Morgan fingerprint density at radius 1 is 0.912 bits per heavy atom. The van der Waals surface area contributed by atoms with E-state index >= 15 is 0 Å². The van der Waals surface area contributed by atoms with Gasteiger partial charge in [0, 0.05) is 78.0 Å². The Labute approximate surface area is 337 Å². The summed E-state index contributed by atoms with van der Waals surface area (Å²) in [6.45, 7) is 13.9. The van der Waals surface area contributed by atoms with Crippen LogP contribution < -0.4 is 30.9 Å². The summed E-state index contributed by atoms with van der Waals surface area (Å²) in [5, 5.41) is 13.7. The number of rotatable bonds is 13. The maximum Gasteiger partial charge on any atom is 0.332 e. The summed E-state index contributed by atoms with van der Waals surface area (Å²) in [5.74, 6) is 1.25. The number of unbranched alkanes of at least 4 members (excludes halogenated alkanes) is 2. The highest BCUT2D eigenvalue weighted by molar-refractivity contribution is 6.31. The van der Waals surface area contributed by atoms with Gasteiger partial charge in [-0.05, 0) is 86.5 Å². The first kappa shape index (κ1) is 39.6. The number of benzene rings is 3. The van der Waals surface area contributed by atoms with E-state index in [0.717, 1.165) is 74.3 Å². The standard InChI is InChI=1S/C44H48ClN7O5/c1-43(2)40(44(3,4)41(43)57-35-13-10-30(27-46)36(45)26-35)49-39(54)29-8-11-32(12-9-29)51-21-19-50(20-22-51)17-6-5-7-23-56-34-14-15-37-31(25-34)24-33(28-47-37)52-18-16-38(53)48-42(52)55/h8-16,18,24-26,28,40-41H,5-7,17,19-23H2,1-4H3,(H,49,54)(H,48,53,55). The van der Waals surface area contributed by atoms with Gasteiger partial charge in [0.25, 0.3) is 11.5 Å². The van der Waals surface area contributed by atoms with Gasteiger partial charge in [-0.2, -0.15) is 5.26 Å². The number of carbonyl (C=O) groups excluding carboxylic acids is 1. The molecule has 3 heterocycles. The number of nitrogens with zero attached hydrogens (tertiary/aromatic N) is 5. The van der Waals surface area contributed by atoms with Crippen molar-refractivity contribution in [1.29, 1.82) is 5.26 Å². The lowest BCUT2D eigenvalue weighted by molar-refractivity contribution is -0.164. The highest BCUT2D eigenvalue weighted by Crippen LogP contribution is 2.55. The number of halogens is 1.